The van der Waals surface area contributed by atoms with Crippen molar-refractivity contribution in [3.8, 4) is 11.5 Å². The fourth-order valence-electron chi connectivity index (χ4n) is 1.60. The largest absolute Gasteiger partial charge is 0.504 e. The summed E-state index contributed by atoms with van der Waals surface area (Å²) in [5.74, 6) is -2.24. The van der Waals surface area contributed by atoms with Crippen LogP contribution in [0.5, 0.6) is 11.5 Å². The second kappa shape index (κ2) is 5.91. The topological polar surface area (TPSA) is 120 Å². The van der Waals surface area contributed by atoms with Crippen LogP contribution in [-0.2, 0) is 6.54 Å². The summed E-state index contributed by atoms with van der Waals surface area (Å²) in [6.45, 7) is 0.160. The Morgan fingerprint density at radius 3 is 2.43 bits per heavy atom. The van der Waals surface area contributed by atoms with Gasteiger partial charge in [0.05, 0.1) is 0 Å². The number of carbonyl (C=O) groups excluding carboxylic acids is 1. The van der Waals surface area contributed by atoms with Crippen molar-refractivity contribution in [2.45, 2.75) is 6.54 Å². The number of carboxylic acid groups (broad SMARTS) is 1. The van der Waals surface area contributed by atoms with Crippen molar-refractivity contribution in [3.63, 3.8) is 0 Å². The number of benzene rings is 1. The number of aromatic carboxylic acids is 1. The maximum absolute atomic E-state index is 11.8. The van der Waals surface area contributed by atoms with Gasteiger partial charge in [-0.15, -0.1) is 0 Å². The van der Waals surface area contributed by atoms with E-state index in [-0.39, 0.29) is 29.3 Å². The van der Waals surface area contributed by atoms with Crippen LogP contribution < -0.4 is 5.32 Å². The summed E-state index contributed by atoms with van der Waals surface area (Å²) in [7, 11) is 0. The summed E-state index contributed by atoms with van der Waals surface area (Å²) < 4.78 is 0. The van der Waals surface area contributed by atoms with Gasteiger partial charge < -0.3 is 20.6 Å². The highest BCUT2D eigenvalue weighted by atomic mass is 16.4. The molecule has 4 N–H and O–H groups in total. The number of phenolic OH excluding ortho intramolecular Hbond substituents is 2. The van der Waals surface area contributed by atoms with Crippen molar-refractivity contribution in [2.24, 2.45) is 0 Å². The normalized spacial score (nSPS) is 10.1. The van der Waals surface area contributed by atoms with E-state index in [9.17, 15) is 14.7 Å². The summed E-state index contributed by atoms with van der Waals surface area (Å²) in [6, 6.07) is 6.63. The second-order valence-corrected chi connectivity index (χ2v) is 4.24. The summed E-state index contributed by atoms with van der Waals surface area (Å²) in [5.41, 5.74) is 0.755. The van der Waals surface area contributed by atoms with E-state index in [1.165, 1.54) is 24.4 Å². The van der Waals surface area contributed by atoms with Gasteiger partial charge in [0.15, 0.2) is 11.5 Å². The van der Waals surface area contributed by atoms with Gasteiger partial charge in [0.2, 0.25) is 0 Å². The minimum Gasteiger partial charge on any atom is -0.504 e. The van der Waals surface area contributed by atoms with Gasteiger partial charge in [-0.3, -0.25) is 4.79 Å². The van der Waals surface area contributed by atoms with E-state index in [1.54, 1.807) is 6.07 Å². The lowest BCUT2D eigenvalue weighted by atomic mass is 10.2. The molecule has 2 rings (SSSR count). The maximum Gasteiger partial charge on any atom is 0.354 e. The highest BCUT2D eigenvalue weighted by Gasteiger charge is 2.09. The molecule has 0 aliphatic carbocycles. The molecule has 1 aromatic carbocycles. The predicted octanol–water partition coefficient (Wildman–Crippen LogP) is 1.12. The number of aromatic nitrogens is 1. The number of rotatable bonds is 4. The van der Waals surface area contributed by atoms with Crippen LogP contribution in [0.25, 0.3) is 0 Å². The van der Waals surface area contributed by atoms with Crippen LogP contribution in [-0.4, -0.2) is 32.2 Å². The average molecular weight is 288 g/mol. The molecule has 108 valence electrons. The van der Waals surface area contributed by atoms with Crippen LogP contribution in [0.3, 0.4) is 0 Å². The minimum atomic E-state index is -1.12. The lowest BCUT2D eigenvalue weighted by Crippen LogP contribution is -2.22. The van der Waals surface area contributed by atoms with E-state index in [1.807, 2.05) is 0 Å². The number of carboxylic acids is 1. The van der Waals surface area contributed by atoms with E-state index in [0.29, 0.717) is 5.56 Å². The van der Waals surface area contributed by atoms with Crippen LogP contribution in [0.15, 0.2) is 36.5 Å². The van der Waals surface area contributed by atoms with E-state index in [2.05, 4.69) is 10.3 Å². The first-order chi connectivity index (χ1) is 9.97. The molecule has 0 aliphatic heterocycles. The van der Waals surface area contributed by atoms with Gasteiger partial charge in [-0.1, -0.05) is 6.07 Å². The Bertz CT molecular complexity index is 682. The summed E-state index contributed by atoms with van der Waals surface area (Å²) in [4.78, 5) is 26.2. The van der Waals surface area contributed by atoms with Crippen molar-refractivity contribution in [3.05, 3.63) is 53.3 Å². The number of nitrogens with one attached hydrogen (secondary N) is 1. The van der Waals surface area contributed by atoms with E-state index in [0.717, 1.165) is 6.07 Å². The molecule has 0 fully saturated rings. The van der Waals surface area contributed by atoms with Gasteiger partial charge >= 0.3 is 5.97 Å². The van der Waals surface area contributed by atoms with Gasteiger partial charge in [-0.2, -0.15) is 0 Å². The first kappa shape index (κ1) is 14.3. The minimum absolute atomic E-state index is 0.0754. The molecule has 0 saturated heterocycles. The third-order valence-electron chi connectivity index (χ3n) is 2.73. The molecule has 1 aromatic heterocycles. The molecule has 0 aliphatic rings. The molecule has 7 nitrogen and oxygen atoms in total. The molecular weight excluding hydrogens is 276 g/mol. The predicted molar refractivity (Wildman–Crippen MR) is 72.1 cm³/mol. The number of pyridine rings is 1. The zero-order chi connectivity index (χ0) is 15.4. The second-order valence-electron chi connectivity index (χ2n) is 4.24. The van der Waals surface area contributed by atoms with Crippen molar-refractivity contribution in [1.29, 1.82) is 0 Å². The van der Waals surface area contributed by atoms with Crippen LogP contribution in [0, 0.1) is 0 Å². The molecular formula is C14H12N2O5. The van der Waals surface area contributed by atoms with Crippen molar-refractivity contribution in [1.82, 2.24) is 10.3 Å². The van der Waals surface area contributed by atoms with Gasteiger partial charge in [0.25, 0.3) is 5.91 Å². The quantitative estimate of drug-likeness (QED) is 0.626. The molecule has 0 radical (unpaired) electrons. The summed E-state index contributed by atoms with van der Waals surface area (Å²) >= 11 is 0. The SMILES string of the molecule is O=C(NCc1ccc(C(=O)O)nc1)c1ccc(O)c(O)c1. The smallest absolute Gasteiger partial charge is 0.354 e. The van der Waals surface area contributed by atoms with E-state index >= 15 is 0 Å². The molecule has 0 saturated carbocycles. The molecule has 0 atom stereocenters. The van der Waals surface area contributed by atoms with Crippen LogP contribution in [0.2, 0.25) is 0 Å². The Kier molecular flexibility index (Phi) is 4.03. The molecule has 0 spiro atoms. The molecule has 0 unspecified atom stereocenters. The fourth-order valence-corrected chi connectivity index (χ4v) is 1.60. The molecule has 2 aromatic rings. The third-order valence-corrected chi connectivity index (χ3v) is 2.73. The van der Waals surface area contributed by atoms with Gasteiger partial charge in [0, 0.05) is 18.3 Å². The lowest BCUT2D eigenvalue weighted by molar-refractivity contribution is 0.0690. The molecule has 0 bridgehead atoms. The molecule has 7 heteroatoms. The Morgan fingerprint density at radius 2 is 1.86 bits per heavy atom. The Balaban J connectivity index is 2.00. The zero-order valence-corrected chi connectivity index (χ0v) is 10.8. The number of phenols is 2. The van der Waals surface area contributed by atoms with Crippen molar-refractivity contribution >= 4 is 11.9 Å². The fraction of sp³-hybridized carbons (Fsp3) is 0.0714. The number of nitrogens with zero attached hydrogens (tertiary/aromatic N) is 1. The maximum atomic E-state index is 11.8. The number of hydrogen-bond donors (Lipinski definition) is 4. The Hall–Kier alpha value is -3.09. The van der Waals surface area contributed by atoms with Gasteiger partial charge in [0.1, 0.15) is 5.69 Å². The Labute approximate surface area is 119 Å². The lowest BCUT2D eigenvalue weighted by Gasteiger charge is -2.06. The number of carbonyl (C=O) groups is 2. The van der Waals surface area contributed by atoms with Crippen LogP contribution >= 0.6 is 0 Å². The highest BCUT2D eigenvalue weighted by Crippen LogP contribution is 2.24. The van der Waals surface area contributed by atoms with E-state index in [4.69, 9.17) is 10.2 Å². The third kappa shape index (κ3) is 3.47. The molecule has 1 amide bonds. The molecule has 21 heavy (non-hydrogen) atoms. The van der Waals surface area contributed by atoms with Crippen LogP contribution in [0.4, 0.5) is 0 Å². The number of aromatic hydroxyl groups is 2. The zero-order valence-electron chi connectivity index (χ0n) is 10.8. The number of amides is 1. The van der Waals surface area contributed by atoms with Crippen molar-refractivity contribution < 1.29 is 24.9 Å². The van der Waals surface area contributed by atoms with Gasteiger partial charge in [-0.05, 0) is 29.8 Å². The van der Waals surface area contributed by atoms with Crippen LogP contribution in [0.1, 0.15) is 26.4 Å². The average Bonchev–Trinajstić information content (AvgIpc) is 2.48. The highest BCUT2D eigenvalue weighted by molar-refractivity contribution is 5.94. The Morgan fingerprint density at radius 1 is 1.10 bits per heavy atom. The monoisotopic (exact) mass is 288 g/mol. The first-order valence-electron chi connectivity index (χ1n) is 5.96. The van der Waals surface area contributed by atoms with Gasteiger partial charge in [-0.25, -0.2) is 9.78 Å². The standard InChI is InChI=1S/C14H12N2O5/c17-11-4-2-9(5-12(11)18)13(19)16-7-8-1-3-10(14(20)21)15-6-8/h1-6,17-18H,7H2,(H,16,19)(H,20,21). The van der Waals surface area contributed by atoms with Crippen molar-refractivity contribution in [2.75, 3.05) is 0 Å². The molecule has 1 heterocycles. The summed E-state index contributed by atoms with van der Waals surface area (Å²) in [6.07, 6.45) is 1.36. The van der Waals surface area contributed by atoms with E-state index < -0.39 is 11.9 Å². The first-order valence-corrected chi connectivity index (χ1v) is 5.96. The number of hydrogen-bond acceptors (Lipinski definition) is 5. The summed E-state index contributed by atoms with van der Waals surface area (Å²) in [5, 5.41) is 29.8.